The Morgan fingerprint density at radius 3 is 2.70 bits per heavy atom. The number of hydrogen-bond donors (Lipinski definition) is 1. The summed E-state index contributed by atoms with van der Waals surface area (Å²) in [6, 6.07) is 10.5. The van der Waals surface area contributed by atoms with Crippen LogP contribution in [-0.4, -0.2) is 29.0 Å². The Kier molecular flexibility index (Phi) is 6.45. The molecule has 1 saturated heterocycles. The third-order valence-corrected chi connectivity index (χ3v) is 5.44. The highest BCUT2D eigenvalue weighted by Crippen LogP contribution is 2.30. The summed E-state index contributed by atoms with van der Waals surface area (Å²) < 4.78 is 0. The number of carbonyl (C=O) groups excluding carboxylic acids is 1. The molecule has 1 aromatic heterocycles. The van der Waals surface area contributed by atoms with Gasteiger partial charge in [0, 0.05) is 24.2 Å². The van der Waals surface area contributed by atoms with Crippen molar-refractivity contribution in [3.05, 3.63) is 53.0 Å². The number of fused-ring (bicyclic) bond motifs is 1. The summed E-state index contributed by atoms with van der Waals surface area (Å²) in [5.74, 6) is 1.86. The Morgan fingerprint density at radius 1 is 1.15 bits per heavy atom. The minimum atomic E-state index is 0. The van der Waals surface area contributed by atoms with E-state index in [-0.39, 0.29) is 24.4 Å². The molecule has 1 fully saturated rings. The van der Waals surface area contributed by atoms with Gasteiger partial charge in [0.05, 0.1) is 6.04 Å². The molecule has 4 rings (SSSR count). The summed E-state index contributed by atoms with van der Waals surface area (Å²) in [4.78, 5) is 24.2. The van der Waals surface area contributed by atoms with Crippen molar-refractivity contribution in [2.24, 2.45) is 0 Å². The van der Waals surface area contributed by atoms with Gasteiger partial charge in [-0.05, 0) is 44.7 Å². The molecule has 2 aliphatic heterocycles. The SMILES string of the molecule is Cc1nc(C2CCCCN2)nc2c1CCC(=O)N2CCc1ccccc1.Cl. The van der Waals surface area contributed by atoms with Crippen molar-refractivity contribution in [2.75, 3.05) is 18.0 Å². The first-order valence-electron chi connectivity index (χ1n) is 9.67. The predicted molar refractivity (Wildman–Crippen MR) is 109 cm³/mol. The van der Waals surface area contributed by atoms with Crippen molar-refractivity contribution in [3.63, 3.8) is 0 Å². The average Bonchev–Trinajstić information content (AvgIpc) is 2.68. The number of anilines is 1. The highest BCUT2D eigenvalue weighted by Gasteiger charge is 2.29. The first kappa shape index (κ1) is 19.8. The molecule has 2 aliphatic rings. The Bertz CT molecular complexity index is 790. The van der Waals surface area contributed by atoms with Gasteiger partial charge in [0.25, 0.3) is 0 Å². The van der Waals surface area contributed by atoms with Gasteiger partial charge in [-0.2, -0.15) is 0 Å². The van der Waals surface area contributed by atoms with Crippen molar-refractivity contribution in [1.29, 1.82) is 0 Å². The van der Waals surface area contributed by atoms with Crippen LogP contribution in [0, 0.1) is 6.92 Å². The van der Waals surface area contributed by atoms with E-state index in [2.05, 4.69) is 24.4 Å². The Labute approximate surface area is 167 Å². The third-order valence-electron chi connectivity index (χ3n) is 5.44. The maximum atomic E-state index is 12.6. The van der Waals surface area contributed by atoms with Gasteiger partial charge in [-0.3, -0.25) is 9.69 Å². The largest absolute Gasteiger partial charge is 0.307 e. The monoisotopic (exact) mass is 386 g/mol. The number of piperidine rings is 1. The van der Waals surface area contributed by atoms with Gasteiger partial charge >= 0.3 is 0 Å². The van der Waals surface area contributed by atoms with Crippen molar-refractivity contribution < 1.29 is 4.79 Å². The first-order chi connectivity index (χ1) is 12.7. The van der Waals surface area contributed by atoms with E-state index in [1.807, 2.05) is 23.1 Å². The second-order valence-corrected chi connectivity index (χ2v) is 7.25. The molecule has 144 valence electrons. The summed E-state index contributed by atoms with van der Waals surface area (Å²) in [7, 11) is 0. The lowest BCUT2D eigenvalue weighted by Crippen LogP contribution is -2.39. The van der Waals surface area contributed by atoms with Crippen molar-refractivity contribution in [2.45, 2.75) is 51.5 Å². The van der Waals surface area contributed by atoms with Crippen molar-refractivity contribution in [1.82, 2.24) is 15.3 Å². The van der Waals surface area contributed by atoms with E-state index in [4.69, 9.17) is 9.97 Å². The van der Waals surface area contributed by atoms with Gasteiger partial charge in [-0.25, -0.2) is 9.97 Å². The van der Waals surface area contributed by atoms with Crippen LogP contribution in [0.15, 0.2) is 30.3 Å². The fourth-order valence-electron chi connectivity index (χ4n) is 3.95. The number of aromatic nitrogens is 2. The smallest absolute Gasteiger partial charge is 0.228 e. The quantitative estimate of drug-likeness (QED) is 0.873. The number of carbonyl (C=O) groups is 1. The number of benzene rings is 1. The number of amides is 1. The summed E-state index contributed by atoms with van der Waals surface area (Å²) in [5.41, 5.74) is 3.40. The van der Waals surface area contributed by atoms with Crippen LogP contribution < -0.4 is 10.2 Å². The van der Waals surface area contributed by atoms with Crippen LogP contribution in [0.25, 0.3) is 0 Å². The molecular formula is C21H27ClN4O. The van der Waals surface area contributed by atoms with E-state index < -0.39 is 0 Å². The summed E-state index contributed by atoms with van der Waals surface area (Å²) in [6.07, 6.45) is 5.62. The number of aryl methyl sites for hydroxylation is 1. The van der Waals surface area contributed by atoms with Crippen LogP contribution in [0.5, 0.6) is 0 Å². The minimum Gasteiger partial charge on any atom is -0.307 e. The summed E-state index contributed by atoms with van der Waals surface area (Å²) in [5, 5.41) is 3.52. The van der Waals surface area contributed by atoms with Gasteiger partial charge in [-0.15, -0.1) is 12.4 Å². The van der Waals surface area contributed by atoms with Crippen LogP contribution in [-0.2, 0) is 17.6 Å². The number of nitrogens with one attached hydrogen (secondary N) is 1. The first-order valence-corrected chi connectivity index (χ1v) is 9.67. The number of halogens is 1. The van der Waals surface area contributed by atoms with Gasteiger partial charge in [-0.1, -0.05) is 36.8 Å². The lowest BCUT2D eigenvalue weighted by molar-refractivity contribution is -0.118. The molecule has 27 heavy (non-hydrogen) atoms. The summed E-state index contributed by atoms with van der Waals surface area (Å²) in [6.45, 7) is 3.74. The zero-order valence-electron chi connectivity index (χ0n) is 15.8. The Balaban J connectivity index is 0.00000210. The third kappa shape index (κ3) is 4.30. The highest BCUT2D eigenvalue weighted by molar-refractivity contribution is 5.95. The Hall–Kier alpha value is -1.98. The molecule has 1 atom stereocenters. The van der Waals surface area contributed by atoms with Crippen LogP contribution in [0.4, 0.5) is 5.82 Å². The molecular weight excluding hydrogens is 360 g/mol. The molecule has 1 aromatic carbocycles. The van der Waals surface area contributed by atoms with Crippen LogP contribution in [0.1, 0.15) is 54.4 Å². The molecule has 2 aromatic rings. The van der Waals surface area contributed by atoms with E-state index >= 15 is 0 Å². The van der Waals surface area contributed by atoms with Gasteiger partial charge < -0.3 is 5.32 Å². The zero-order chi connectivity index (χ0) is 17.9. The molecule has 0 aliphatic carbocycles. The maximum absolute atomic E-state index is 12.6. The molecule has 3 heterocycles. The van der Waals surface area contributed by atoms with Gasteiger partial charge in [0.2, 0.25) is 5.91 Å². The number of hydrogen-bond acceptors (Lipinski definition) is 4. The highest BCUT2D eigenvalue weighted by atomic mass is 35.5. The molecule has 6 heteroatoms. The van der Waals surface area contributed by atoms with Crippen LogP contribution in [0.2, 0.25) is 0 Å². The minimum absolute atomic E-state index is 0. The molecule has 0 spiro atoms. The lowest BCUT2D eigenvalue weighted by atomic mass is 10.0. The van der Waals surface area contributed by atoms with E-state index in [1.165, 1.54) is 18.4 Å². The molecule has 0 saturated carbocycles. The maximum Gasteiger partial charge on any atom is 0.228 e. The topological polar surface area (TPSA) is 58.1 Å². The average molecular weight is 387 g/mol. The van der Waals surface area contributed by atoms with Gasteiger partial charge in [0.15, 0.2) is 0 Å². The standard InChI is InChI=1S/C21H26N4O.ClH/c1-15-17-10-11-19(26)25(14-12-16-7-3-2-4-8-16)21(17)24-20(23-15)18-9-5-6-13-22-18;/h2-4,7-8,18,22H,5-6,9-14H2,1H3;1H. The van der Waals surface area contributed by atoms with Crippen LogP contribution >= 0.6 is 12.4 Å². The van der Waals surface area contributed by atoms with Crippen LogP contribution in [0.3, 0.4) is 0 Å². The fourth-order valence-corrected chi connectivity index (χ4v) is 3.95. The lowest BCUT2D eigenvalue weighted by Gasteiger charge is -2.31. The molecule has 1 amide bonds. The number of nitrogens with zero attached hydrogens (tertiary/aromatic N) is 3. The molecule has 0 bridgehead atoms. The zero-order valence-corrected chi connectivity index (χ0v) is 16.6. The second-order valence-electron chi connectivity index (χ2n) is 7.25. The van der Waals surface area contributed by atoms with E-state index in [9.17, 15) is 4.79 Å². The molecule has 1 unspecified atom stereocenters. The molecule has 1 N–H and O–H groups in total. The van der Waals surface area contributed by atoms with Gasteiger partial charge in [0.1, 0.15) is 11.6 Å². The normalized spacial score (nSPS) is 19.4. The molecule has 0 radical (unpaired) electrons. The molecule has 5 nitrogen and oxygen atoms in total. The second kappa shape index (κ2) is 8.81. The number of rotatable bonds is 4. The van der Waals surface area contributed by atoms with E-state index in [0.29, 0.717) is 13.0 Å². The van der Waals surface area contributed by atoms with E-state index in [1.54, 1.807) is 0 Å². The van der Waals surface area contributed by atoms with E-state index in [0.717, 1.165) is 48.7 Å². The summed E-state index contributed by atoms with van der Waals surface area (Å²) >= 11 is 0. The predicted octanol–water partition coefficient (Wildman–Crippen LogP) is 3.54. The van der Waals surface area contributed by atoms with Crippen molar-refractivity contribution >= 4 is 24.1 Å². The van der Waals surface area contributed by atoms with Crippen molar-refractivity contribution in [3.8, 4) is 0 Å². The fraction of sp³-hybridized carbons (Fsp3) is 0.476. The Morgan fingerprint density at radius 2 is 1.96 bits per heavy atom.